The lowest BCUT2D eigenvalue weighted by molar-refractivity contribution is 0.362. The molecule has 0 spiro atoms. The first-order valence-electron chi connectivity index (χ1n) is 8.53. The van der Waals surface area contributed by atoms with Crippen LogP contribution in [0.4, 0.5) is 4.39 Å². The van der Waals surface area contributed by atoms with Crippen LogP contribution in [0.3, 0.4) is 0 Å². The average molecular weight is 438 g/mol. The van der Waals surface area contributed by atoms with Crippen LogP contribution in [0.25, 0.3) is 11.3 Å². The minimum Gasteiger partial charge on any atom is -0.490 e. The Balaban J connectivity index is 0.00000300. The van der Waals surface area contributed by atoms with Gasteiger partial charge in [0, 0.05) is 25.0 Å². The molecule has 0 saturated heterocycles. The summed E-state index contributed by atoms with van der Waals surface area (Å²) in [4.78, 5) is 3.67. The van der Waals surface area contributed by atoms with Crippen molar-refractivity contribution >= 4 is 22.4 Å². The van der Waals surface area contributed by atoms with E-state index in [1.54, 1.807) is 37.4 Å². The molecule has 0 bridgehead atoms. The van der Waals surface area contributed by atoms with Gasteiger partial charge in [-0.15, -0.1) is 12.4 Å². The predicted molar refractivity (Wildman–Crippen MR) is 112 cm³/mol. The molecule has 0 saturated carbocycles. The van der Waals surface area contributed by atoms with Crippen LogP contribution in [0.2, 0.25) is 0 Å². The van der Waals surface area contributed by atoms with Crippen molar-refractivity contribution < 1.29 is 17.5 Å². The van der Waals surface area contributed by atoms with Gasteiger partial charge in [0.05, 0.1) is 16.2 Å². The first-order valence-corrected chi connectivity index (χ1v) is 9.97. The number of hydrogen-bond donors (Lipinski definition) is 1. The zero-order valence-corrected chi connectivity index (χ0v) is 17.3. The maximum atomic E-state index is 14.3. The van der Waals surface area contributed by atoms with Gasteiger partial charge in [0.2, 0.25) is 5.95 Å². The number of pyridine rings is 1. The Morgan fingerprint density at radius 2 is 2.07 bits per heavy atom. The van der Waals surface area contributed by atoms with Gasteiger partial charge in [-0.1, -0.05) is 18.7 Å². The van der Waals surface area contributed by atoms with E-state index in [-0.39, 0.29) is 35.2 Å². The van der Waals surface area contributed by atoms with Crippen LogP contribution in [0.15, 0.2) is 72.4 Å². The summed E-state index contributed by atoms with van der Waals surface area (Å²) in [6.45, 7) is 4.26. The Bertz CT molecular complexity index is 1100. The van der Waals surface area contributed by atoms with Crippen LogP contribution in [0.1, 0.15) is 5.56 Å². The summed E-state index contributed by atoms with van der Waals surface area (Å²) < 4.78 is 47.4. The number of benzene rings is 1. The number of aromatic nitrogens is 2. The Morgan fingerprint density at radius 1 is 1.28 bits per heavy atom. The van der Waals surface area contributed by atoms with Crippen LogP contribution >= 0.6 is 12.4 Å². The van der Waals surface area contributed by atoms with Crippen molar-refractivity contribution in [3.63, 3.8) is 0 Å². The molecule has 1 N–H and O–H groups in total. The van der Waals surface area contributed by atoms with Crippen molar-refractivity contribution in [2.45, 2.75) is 11.4 Å². The van der Waals surface area contributed by atoms with E-state index >= 15 is 0 Å². The number of hydrogen-bond acceptors (Lipinski definition) is 5. The Hall–Kier alpha value is -2.68. The highest BCUT2D eigenvalue weighted by molar-refractivity contribution is 7.90. The Labute approximate surface area is 175 Å². The molecule has 1 aromatic carbocycles. The molecule has 0 aliphatic carbocycles. The third-order valence-corrected chi connectivity index (χ3v) is 5.66. The summed E-state index contributed by atoms with van der Waals surface area (Å²) in [6, 6.07) is 10.8. The minimum absolute atomic E-state index is 0. The SMILES string of the molecule is C=CCOc1cccc(S(=O)(=O)n2cc(CNC)cc2-c2cccnc2F)c1.Cl. The van der Waals surface area contributed by atoms with Crippen molar-refractivity contribution in [2.75, 3.05) is 13.7 Å². The molecular formula is C20H21ClFN3O3S. The summed E-state index contributed by atoms with van der Waals surface area (Å²) >= 11 is 0. The van der Waals surface area contributed by atoms with Gasteiger partial charge in [-0.05, 0) is 42.9 Å². The normalized spacial score (nSPS) is 11.0. The smallest absolute Gasteiger partial charge is 0.268 e. The van der Waals surface area contributed by atoms with Crippen LogP contribution in [-0.4, -0.2) is 31.0 Å². The summed E-state index contributed by atoms with van der Waals surface area (Å²) in [7, 11) is -2.24. The number of ether oxygens (including phenoxy) is 1. The van der Waals surface area contributed by atoms with Crippen LogP contribution < -0.4 is 10.1 Å². The van der Waals surface area contributed by atoms with E-state index in [1.165, 1.54) is 30.6 Å². The quantitative estimate of drug-likeness (QED) is 0.430. The van der Waals surface area contributed by atoms with Gasteiger partial charge in [-0.25, -0.2) is 17.4 Å². The van der Waals surface area contributed by atoms with Gasteiger partial charge in [-0.3, -0.25) is 0 Å². The maximum Gasteiger partial charge on any atom is 0.268 e. The highest BCUT2D eigenvalue weighted by atomic mass is 35.5. The van der Waals surface area contributed by atoms with Crippen molar-refractivity contribution in [2.24, 2.45) is 0 Å². The molecule has 3 rings (SSSR count). The van der Waals surface area contributed by atoms with Gasteiger partial charge >= 0.3 is 0 Å². The summed E-state index contributed by atoms with van der Waals surface area (Å²) in [6.07, 6.45) is 4.36. The summed E-state index contributed by atoms with van der Waals surface area (Å²) in [5.74, 6) is -0.339. The average Bonchev–Trinajstić information content (AvgIpc) is 3.12. The molecule has 0 radical (unpaired) electrons. The highest BCUT2D eigenvalue weighted by Crippen LogP contribution is 2.29. The number of rotatable bonds is 8. The lowest BCUT2D eigenvalue weighted by Crippen LogP contribution is -2.14. The fourth-order valence-electron chi connectivity index (χ4n) is 2.76. The second kappa shape index (κ2) is 9.69. The fourth-order valence-corrected chi connectivity index (χ4v) is 4.19. The minimum atomic E-state index is -3.99. The van der Waals surface area contributed by atoms with Crippen LogP contribution in [-0.2, 0) is 16.6 Å². The van der Waals surface area contributed by atoms with Crippen LogP contribution in [0, 0.1) is 5.95 Å². The molecule has 6 nitrogen and oxygen atoms in total. The first-order chi connectivity index (χ1) is 13.5. The van der Waals surface area contributed by atoms with Crippen molar-refractivity contribution in [3.8, 4) is 17.0 Å². The molecule has 154 valence electrons. The van der Waals surface area contributed by atoms with E-state index in [9.17, 15) is 12.8 Å². The molecular weight excluding hydrogens is 417 g/mol. The van der Waals surface area contributed by atoms with E-state index in [2.05, 4.69) is 16.9 Å². The van der Waals surface area contributed by atoms with E-state index < -0.39 is 16.0 Å². The van der Waals surface area contributed by atoms with E-state index in [4.69, 9.17) is 4.74 Å². The third-order valence-electron chi connectivity index (χ3n) is 3.99. The molecule has 0 aliphatic rings. The lowest BCUT2D eigenvalue weighted by Gasteiger charge is -2.12. The van der Waals surface area contributed by atoms with Gasteiger partial charge in [0.15, 0.2) is 0 Å². The zero-order chi connectivity index (χ0) is 20.1. The number of nitrogens with zero attached hydrogens (tertiary/aromatic N) is 2. The van der Waals surface area contributed by atoms with Crippen molar-refractivity contribution in [1.82, 2.24) is 14.3 Å². The zero-order valence-electron chi connectivity index (χ0n) is 15.7. The lowest BCUT2D eigenvalue weighted by atomic mass is 10.2. The van der Waals surface area contributed by atoms with Gasteiger partial charge in [0.1, 0.15) is 12.4 Å². The number of nitrogens with one attached hydrogen (secondary N) is 1. The molecule has 9 heteroatoms. The summed E-state index contributed by atoms with van der Waals surface area (Å²) in [5.41, 5.74) is 1.00. The first kappa shape index (κ1) is 22.6. The molecule has 2 aromatic heterocycles. The third kappa shape index (κ3) is 4.84. The van der Waals surface area contributed by atoms with E-state index in [1.807, 2.05) is 0 Å². The topological polar surface area (TPSA) is 73.2 Å². The van der Waals surface area contributed by atoms with E-state index in [0.29, 0.717) is 17.9 Å². The number of halogens is 2. The molecule has 2 heterocycles. The monoisotopic (exact) mass is 437 g/mol. The predicted octanol–water partition coefficient (Wildman–Crippen LogP) is 3.63. The molecule has 0 fully saturated rings. The van der Waals surface area contributed by atoms with Gasteiger partial charge < -0.3 is 10.1 Å². The Kier molecular flexibility index (Phi) is 7.55. The van der Waals surface area contributed by atoms with Gasteiger partial charge in [0.25, 0.3) is 10.0 Å². The highest BCUT2D eigenvalue weighted by Gasteiger charge is 2.24. The van der Waals surface area contributed by atoms with Crippen LogP contribution in [0.5, 0.6) is 5.75 Å². The molecule has 3 aromatic rings. The molecule has 0 unspecified atom stereocenters. The largest absolute Gasteiger partial charge is 0.490 e. The van der Waals surface area contributed by atoms with Crippen molar-refractivity contribution in [1.29, 1.82) is 0 Å². The second-order valence-corrected chi connectivity index (χ2v) is 7.80. The summed E-state index contributed by atoms with van der Waals surface area (Å²) in [5, 5.41) is 2.97. The van der Waals surface area contributed by atoms with Gasteiger partial charge in [-0.2, -0.15) is 4.39 Å². The fraction of sp³-hybridized carbons (Fsp3) is 0.150. The maximum absolute atomic E-state index is 14.3. The molecule has 0 aliphatic heterocycles. The molecule has 29 heavy (non-hydrogen) atoms. The second-order valence-electron chi connectivity index (χ2n) is 5.98. The molecule has 0 amide bonds. The molecule has 0 atom stereocenters. The van der Waals surface area contributed by atoms with Crippen molar-refractivity contribution in [3.05, 3.63) is 79.0 Å². The standard InChI is InChI=1S/C20H20FN3O3S.ClH/c1-3-10-27-16-6-4-7-17(12-16)28(25,26)24-14-15(13-22-2)11-19(24)18-8-5-9-23-20(18)21;/h3-9,11-12,14,22H,1,10,13H2,2H3;1H. The van der Waals surface area contributed by atoms with E-state index in [0.717, 1.165) is 3.97 Å². The Morgan fingerprint density at radius 3 is 2.76 bits per heavy atom.